The fourth-order valence-corrected chi connectivity index (χ4v) is 3.57. The van der Waals surface area contributed by atoms with E-state index in [0.29, 0.717) is 11.0 Å². The number of fused-ring (bicyclic) bond motifs is 1. The van der Waals surface area contributed by atoms with Gasteiger partial charge in [-0.05, 0) is 30.9 Å². The Morgan fingerprint density at radius 1 is 1.41 bits per heavy atom. The zero-order valence-electron chi connectivity index (χ0n) is 10.6. The van der Waals surface area contributed by atoms with Crippen LogP contribution >= 0.6 is 11.8 Å². The first kappa shape index (κ1) is 12.7. The molecule has 17 heavy (non-hydrogen) atoms. The quantitative estimate of drug-likeness (QED) is 0.780. The predicted octanol–water partition coefficient (Wildman–Crippen LogP) is 4.10. The van der Waals surface area contributed by atoms with Gasteiger partial charge >= 0.3 is 0 Å². The van der Waals surface area contributed by atoms with Gasteiger partial charge in [-0.15, -0.1) is 11.8 Å². The van der Waals surface area contributed by atoms with Crippen LogP contribution in [0.1, 0.15) is 38.7 Å². The van der Waals surface area contributed by atoms with E-state index in [1.165, 1.54) is 16.9 Å². The summed E-state index contributed by atoms with van der Waals surface area (Å²) in [6.45, 7) is 3.98. The number of Topliss-reactive ketones (excluding diaryl/α,β-unsaturated/α-hetero) is 1. The van der Waals surface area contributed by atoms with Crippen LogP contribution in [-0.4, -0.2) is 11.0 Å². The second kappa shape index (κ2) is 5.72. The number of hydrogen-bond donors (Lipinski definition) is 0. The number of rotatable bonds is 5. The Balaban J connectivity index is 1.75. The molecule has 2 rings (SSSR count). The van der Waals surface area contributed by atoms with Crippen molar-refractivity contribution in [3.05, 3.63) is 29.8 Å². The Morgan fingerprint density at radius 3 is 2.88 bits per heavy atom. The minimum atomic E-state index is 0.198. The molecule has 92 valence electrons. The number of thioether (sulfide) groups is 1. The summed E-state index contributed by atoms with van der Waals surface area (Å²) in [5.74, 6) is 0.605. The topological polar surface area (TPSA) is 17.1 Å². The molecular formula is C15H20OS. The van der Waals surface area contributed by atoms with Crippen molar-refractivity contribution >= 4 is 17.5 Å². The summed E-state index contributed by atoms with van der Waals surface area (Å²) in [6.07, 6.45) is 4.14. The molecule has 1 aliphatic heterocycles. The molecule has 2 heteroatoms. The van der Waals surface area contributed by atoms with Crippen molar-refractivity contribution in [3.8, 4) is 0 Å². The van der Waals surface area contributed by atoms with Crippen LogP contribution in [-0.2, 0) is 11.2 Å². The maximum absolute atomic E-state index is 11.5. The lowest BCUT2D eigenvalue weighted by atomic mass is 10.0. The van der Waals surface area contributed by atoms with E-state index in [1.807, 2.05) is 25.6 Å². The van der Waals surface area contributed by atoms with Crippen molar-refractivity contribution < 1.29 is 4.79 Å². The van der Waals surface area contributed by atoms with Crippen LogP contribution in [0.3, 0.4) is 0 Å². The van der Waals surface area contributed by atoms with E-state index in [2.05, 4.69) is 24.3 Å². The van der Waals surface area contributed by atoms with E-state index in [-0.39, 0.29) is 5.92 Å². The van der Waals surface area contributed by atoms with Crippen molar-refractivity contribution in [2.24, 2.45) is 5.92 Å². The van der Waals surface area contributed by atoms with E-state index >= 15 is 0 Å². The van der Waals surface area contributed by atoms with Crippen LogP contribution in [0.2, 0.25) is 0 Å². The molecule has 0 aliphatic carbocycles. The maximum atomic E-state index is 11.5. The molecule has 0 spiro atoms. The Hall–Kier alpha value is -0.760. The summed E-state index contributed by atoms with van der Waals surface area (Å²) < 4.78 is 0. The van der Waals surface area contributed by atoms with Crippen LogP contribution in [0.5, 0.6) is 0 Å². The molecule has 1 heterocycles. The number of hydrogen-bond acceptors (Lipinski definition) is 2. The van der Waals surface area contributed by atoms with E-state index in [9.17, 15) is 4.79 Å². The fraction of sp³-hybridized carbons (Fsp3) is 0.533. The van der Waals surface area contributed by atoms with Gasteiger partial charge in [-0.2, -0.15) is 0 Å². The number of carbonyl (C=O) groups is 1. The zero-order chi connectivity index (χ0) is 12.3. The minimum Gasteiger partial charge on any atom is -0.299 e. The molecule has 1 aromatic carbocycles. The Labute approximate surface area is 108 Å². The molecule has 0 fully saturated rings. The van der Waals surface area contributed by atoms with Crippen molar-refractivity contribution in [1.29, 1.82) is 0 Å². The van der Waals surface area contributed by atoms with Gasteiger partial charge in [0.1, 0.15) is 5.78 Å². The van der Waals surface area contributed by atoms with Crippen LogP contribution in [0, 0.1) is 5.92 Å². The highest BCUT2D eigenvalue weighted by atomic mass is 32.2. The number of carbonyl (C=O) groups excluding carboxylic acids is 1. The third kappa shape index (κ3) is 3.35. The van der Waals surface area contributed by atoms with Crippen molar-refractivity contribution in [1.82, 2.24) is 0 Å². The van der Waals surface area contributed by atoms with Crippen LogP contribution in [0.25, 0.3) is 0 Å². The molecule has 1 aromatic rings. The van der Waals surface area contributed by atoms with Gasteiger partial charge in [0.05, 0.1) is 0 Å². The van der Waals surface area contributed by atoms with E-state index in [4.69, 9.17) is 0 Å². The van der Waals surface area contributed by atoms with Crippen LogP contribution in [0.15, 0.2) is 29.2 Å². The first-order chi connectivity index (χ1) is 8.16. The highest BCUT2D eigenvalue weighted by Crippen LogP contribution is 2.38. The van der Waals surface area contributed by atoms with Crippen LogP contribution in [0.4, 0.5) is 0 Å². The minimum absolute atomic E-state index is 0.198. The fourth-order valence-electron chi connectivity index (χ4n) is 2.21. The SMILES string of the molecule is CC(C)C(=O)CCCC1Cc2ccccc2S1. The molecule has 1 atom stereocenters. The third-order valence-electron chi connectivity index (χ3n) is 3.31. The first-order valence-electron chi connectivity index (χ1n) is 6.44. The molecule has 0 saturated carbocycles. The lowest BCUT2D eigenvalue weighted by Crippen LogP contribution is -2.08. The number of ketones is 1. The Bertz CT molecular complexity index is 373. The highest BCUT2D eigenvalue weighted by molar-refractivity contribution is 8.00. The largest absolute Gasteiger partial charge is 0.299 e. The molecule has 1 unspecified atom stereocenters. The second-order valence-electron chi connectivity index (χ2n) is 5.06. The Morgan fingerprint density at radius 2 is 2.18 bits per heavy atom. The van der Waals surface area contributed by atoms with E-state index in [1.54, 1.807) is 0 Å². The van der Waals surface area contributed by atoms with Gasteiger partial charge in [0.25, 0.3) is 0 Å². The van der Waals surface area contributed by atoms with Gasteiger partial charge in [-0.25, -0.2) is 0 Å². The summed E-state index contributed by atoms with van der Waals surface area (Å²) in [5.41, 5.74) is 1.48. The summed E-state index contributed by atoms with van der Waals surface area (Å²) in [4.78, 5) is 13.0. The predicted molar refractivity (Wildman–Crippen MR) is 73.5 cm³/mol. The highest BCUT2D eigenvalue weighted by Gasteiger charge is 2.21. The van der Waals surface area contributed by atoms with E-state index in [0.717, 1.165) is 19.3 Å². The van der Waals surface area contributed by atoms with Gasteiger partial charge in [0, 0.05) is 22.5 Å². The molecule has 0 bridgehead atoms. The molecule has 0 radical (unpaired) electrons. The summed E-state index contributed by atoms with van der Waals surface area (Å²) in [7, 11) is 0. The Kier molecular flexibility index (Phi) is 4.27. The average molecular weight is 248 g/mol. The van der Waals surface area contributed by atoms with Gasteiger partial charge in [-0.3, -0.25) is 4.79 Å². The molecule has 0 amide bonds. The van der Waals surface area contributed by atoms with Gasteiger partial charge in [-0.1, -0.05) is 32.0 Å². The molecule has 0 N–H and O–H groups in total. The van der Waals surface area contributed by atoms with E-state index < -0.39 is 0 Å². The second-order valence-corrected chi connectivity index (χ2v) is 6.41. The number of benzene rings is 1. The molecule has 1 nitrogen and oxygen atoms in total. The van der Waals surface area contributed by atoms with Crippen molar-refractivity contribution in [3.63, 3.8) is 0 Å². The van der Waals surface area contributed by atoms with Crippen molar-refractivity contribution in [2.75, 3.05) is 0 Å². The van der Waals surface area contributed by atoms with Crippen molar-refractivity contribution in [2.45, 2.75) is 49.7 Å². The monoisotopic (exact) mass is 248 g/mol. The normalized spacial score (nSPS) is 18.4. The van der Waals surface area contributed by atoms with Crippen LogP contribution < -0.4 is 0 Å². The standard InChI is InChI=1S/C15H20OS/c1-11(2)14(16)8-5-7-13-10-12-6-3-4-9-15(12)17-13/h3-4,6,9,11,13H,5,7-8,10H2,1-2H3. The molecule has 0 saturated heterocycles. The smallest absolute Gasteiger partial charge is 0.135 e. The third-order valence-corrected chi connectivity index (χ3v) is 4.69. The lowest BCUT2D eigenvalue weighted by molar-refractivity contribution is -0.122. The zero-order valence-corrected chi connectivity index (χ0v) is 11.4. The van der Waals surface area contributed by atoms with Gasteiger partial charge in [0.15, 0.2) is 0 Å². The molecular weight excluding hydrogens is 228 g/mol. The average Bonchev–Trinajstić information content (AvgIpc) is 2.71. The lowest BCUT2D eigenvalue weighted by Gasteiger charge is -2.08. The summed E-state index contributed by atoms with van der Waals surface area (Å²) in [6, 6.07) is 8.65. The summed E-state index contributed by atoms with van der Waals surface area (Å²) >= 11 is 1.98. The molecule has 1 aliphatic rings. The summed E-state index contributed by atoms with van der Waals surface area (Å²) in [5, 5.41) is 0.687. The molecule has 0 aromatic heterocycles. The maximum Gasteiger partial charge on any atom is 0.135 e. The van der Waals surface area contributed by atoms with Gasteiger partial charge < -0.3 is 0 Å². The van der Waals surface area contributed by atoms with Gasteiger partial charge in [0.2, 0.25) is 0 Å². The first-order valence-corrected chi connectivity index (χ1v) is 7.32.